The molecule has 0 aliphatic carbocycles. The smallest absolute Gasteiger partial charge is 0.338 e. The summed E-state index contributed by atoms with van der Waals surface area (Å²) in [6.45, 7) is 5.38. The molecule has 0 radical (unpaired) electrons. The Morgan fingerprint density at radius 3 is 2.21 bits per heavy atom. The number of benzene rings is 2. The van der Waals surface area contributed by atoms with E-state index in [4.69, 9.17) is 4.74 Å². The molecule has 2 rings (SSSR count). The molecule has 0 saturated carbocycles. The van der Waals surface area contributed by atoms with E-state index in [1.54, 1.807) is 58.2 Å². The van der Waals surface area contributed by atoms with Gasteiger partial charge in [-0.1, -0.05) is 38.1 Å². The summed E-state index contributed by atoms with van der Waals surface area (Å²) in [6, 6.07) is 13.3. The van der Waals surface area contributed by atoms with E-state index in [0.717, 1.165) is 0 Å². The summed E-state index contributed by atoms with van der Waals surface area (Å²) in [5.41, 5.74) is 1.29. The largest absolute Gasteiger partial charge is 0.452 e. The first-order valence-corrected chi connectivity index (χ1v) is 10.8. The van der Waals surface area contributed by atoms with Gasteiger partial charge in [-0.05, 0) is 36.8 Å². The van der Waals surface area contributed by atoms with Crippen LogP contribution < -0.4 is 4.90 Å². The number of hydrogen-bond acceptors (Lipinski definition) is 5. The van der Waals surface area contributed by atoms with E-state index in [-0.39, 0.29) is 10.5 Å². The number of amides is 1. The minimum atomic E-state index is -3.72. The molecule has 0 spiro atoms. The number of carbonyl (C=O) groups excluding carboxylic acids is 2. The van der Waals surface area contributed by atoms with E-state index in [9.17, 15) is 18.0 Å². The van der Waals surface area contributed by atoms with Gasteiger partial charge in [-0.15, -0.1) is 0 Å². The molecule has 0 aromatic heterocycles. The van der Waals surface area contributed by atoms with Crippen LogP contribution in [0, 0.1) is 6.92 Å². The summed E-state index contributed by atoms with van der Waals surface area (Å²) in [4.78, 5) is 26.1. The number of likely N-dealkylation sites (N-methyl/N-ethyl adjacent to an activating group) is 1. The lowest BCUT2D eigenvalue weighted by molar-refractivity contribution is -0.121. The van der Waals surface area contributed by atoms with Crippen molar-refractivity contribution in [1.82, 2.24) is 4.31 Å². The normalized spacial score (nSPS) is 11.3. The maximum atomic E-state index is 12.8. The van der Waals surface area contributed by atoms with Gasteiger partial charge in [0.25, 0.3) is 5.91 Å². The van der Waals surface area contributed by atoms with E-state index < -0.39 is 28.5 Å². The number of aryl methyl sites for hydroxylation is 1. The first kappa shape index (κ1) is 22.6. The predicted octanol–water partition coefficient (Wildman–Crippen LogP) is 2.85. The molecule has 0 bridgehead atoms. The number of hydrogen-bond donors (Lipinski definition) is 0. The first-order chi connectivity index (χ1) is 13.7. The van der Waals surface area contributed by atoms with Gasteiger partial charge in [0.2, 0.25) is 10.0 Å². The van der Waals surface area contributed by atoms with E-state index in [1.165, 1.54) is 21.3 Å². The molecule has 0 atom stereocenters. The van der Waals surface area contributed by atoms with Crippen LogP contribution in [-0.2, 0) is 19.6 Å². The third-order valence-corrected chi connectivity index (χ3v) is 6.78. The second kappa shape index (κ2) is 9.67. The Labute approximate surface area is 171 Å². The van der Waals surface area contributed by atoms with Crippen LogP contribution in [0.25, 0.3) is 0 Å². The van der Waals surface area contributed by atoms with Crippen LogP contribution in [0.1, 0.15) is 29.8 Å². The Hall–Kier alpha value is -2.71. The summed E-state index contributed by atoms with van der Waals surface area (Å²) in [5, 5.41) is 0. The highest BCUT2D eigenvalue weighted by atomic mass is 32.2. The summed E-state index contributed by atoms with van der Waals surface area (Å²) >= 11 is 0. The van der Waals surface area contributed by atoms with Crippen molar-refractivity contribution in [2.45, 2.75) is 25.7 Å². The molecule has 8 heteroatoms. The standard InChI is InChI=1S/C21H26N2O5S/c1-5-23(6-2)29(26,27)19-14-17(13-12-16(19)3)21(25)28-15-20(24)22(4)18-10-8-7-9-11-18/h7-14H,5-6,15H2,1-4H3. The molecule has 0 saturated heterocycles. The molecule has 0 aliphatic heterocycles. The molecule has 7 nitrogen and oxygen atoms in total. The van der Waals surface area contributed by atoms with Crippen molar-refractivity contribution >= 4 is 27.6 Å². The monoisotopic (exact) mass is 418 g/mol. The fourth-order valence-electron chi connectivity index (χ4n) is 2.81. The van der Waals surface area contributed by atoms with E-state index in [2.05, 4.69) is 0 Å². The van der Waals surface area contributed by atoms with E-state index >= 15 is 0 Å². The highest BCUT2D eigenvalue weighted by Gasteiger charge is 2.25. The fourth-order valence-corrected chi connectivity index (χ4v) is 4.52. The number of esters is 1. The summed E-state index contributed by atoms with van der Waals surface area (Å²) < 4.78 is 32.1. The van der Waals surface area contributed by atoms with Crippen LogP contribution in [0.2, 0.25) is 0 Å². The second-order valence-electron chi connectivity index (χ2n) is 6.43. The Balaban J connectivity index is 2.15. The number of anilines is 1. The Morgan fingerprint density at radius 1 is 1.00 bits per heavy atom. The van der Waals surface area contributed by atoms with Crippen molar-refractivity contribution in [3.63, 3.8) is 0 Å². The first-order valence-electron chi connectivity index (χ1n) is 9.31. The van der Waals surface area contributed by atoms with Gasteiger partial charge in [0.15, 0.2) is 6.61 Å². The Morgan fingerprint density at radius 2 is 1.62 bits per heavy atom. The molecule has 1 amide bonds. The fraction of sp³-hybridized carbons (Fsp3) is 0.333. The third-order valence-electron chi connectivity index (χ3n) is 4.59. The Kier molecular flexibility index (Phi) is 7.53. The van der Waals surface area contributed by atoms with Crippen LogP contribution in [0.4, 0.5) is 5.69 Å². The van der Waals surface area contributed by atoms with Gasteiger partial charge in [-0.3, -0.25) is 4.79 Å². The molecule has 0 N–H and O–H groups in total. The van der Waals surface area contributed by atoms with Crippen molar-refractivity contribution in [1.29, 1.82) is 0 Å². The molecular weight excluding hydrogens is 392 g/mol. The van der Waals surface area contributed by atoms with Crippen LogP contribution in [0.15, 0.2) is 53.4 Å². The lowest BCUT2D eigenvalue weighted by atomic mass is 10.1. The van der Waals surface area contributed by atoms with Gasteiger partial charge in [0, 0.05) is 25.8 Å². The third kappa shape index (κ3) is 5.21. The Bertz CT molecular complexity index is 970. The van der Waals surface area contributed by atoms with Crippen LogP contribution >= 0.6 is 0 Å². The minimum Gasteiger partial charge on any atom is -0.452 e. The average Bonchev–Trinajstić information content (AvgIpc) is 2.72. The minimum absolute atomic E-state index is 0.0587. The SMILES string of the molecule is CCN(CC)S(=O)(=O)c1cc(C(=O)OCC(=O)N(C)c2ccccc2)ccc1C. The van der Waals surface area contributed by atoms with Crippen LogP contribution in [0.5, 0.6) is 0 Å². The number of nitrogens with zero attached hydrogens (tertiary/aromatic N) is 2. The predicted molar refractivity (Wildman–Crippen MR) is 111 cm³/mol. The average molecular weight is 419 g/mol. The molecule has 0 heterocycles. The van der Waals surface area contributed by atoms with Crippen molar-refractivity contribution in [3.8, 4) is 0 Å². The van der Waals surface area contributed by atoms with Crippen molar-refractivity contribution in [2.75, 3.05) is 31.6 Å². The van der Waals surface area contributed by atoms with Gasteiger partial charge in [0.05, 0.1) is 10.5 Å². The highest BCUT2D eigenvalue weighted by molar-refractivity contribution is 7.89. The van der Waals surface area contributed by atoms with E-state index in [0.29, 0.717) is 24.3 Å². The number of rotatable bonds is 8. The molecule has 0 aliphatic rings. The zero-order valence-corrected chi connectivity index (χ0v) is 17.9. The van der Waals surface area contributed by atoms with Gasteiger partial charge in [-0.25, -0.2) is 13.2 Å². The summed E-state index contributed by atoms with van der Waals surface area (Å²) in [7, 11) is -2.13. The molecule has 0 unspecified atom stereocenters. The molecule has 29 heavy (non-hydrogen) atoms. The van der Waals surface area contributed by atoms with Crippen molar-refractivity contribution in [3.05, 3.63) is 59.7 Å². The zero-order valence-electron chi connectivity index (χ0n) is 17.1. The topological polar surface area (TPSA) is 84.0 Å². The zero-order chi connectivity index (χ0) is 21.6. The van der Waals surface area contributed by atoms with Crippen LogP contribution in [0.3, 0.4) is 0 Å². The van der Waals surface area contributed by atoms with Gasteiger partial charge >= 0.3 is 5.97 Å². The quantitative estimate of drug-likeness (QED) is 0.616. The number of para-hydroxylation sites is 1. The second-order valence-corrected chi connectivity index (χ2v) is 8.34. The van der Waals surface area contributed by atoms with E-state index in [1.807, 2.05) is 6.07 Å². The maximum Gasteiger partial charge on any atom is 0.338 e. The summed E-state index contributed by atoms with van der Waals surface area (Å²) in [6.07, 6.45) is 0. The molecular formula is C21H26N2O5S. The molecule has 2 aromatic rings. The van der Waals surface area contributed by atoms with Crippen molar-refractivity contribution in [2.24, 2.45) is 0 Å². The van der Waals surface area contributed by atoms with Gasteiger partial charge < -0.3 is 9.64 Å². The number of ether oxygens (including phenoxy) is 1. The lowest BCUT2D eigenvalue weighted by Gasteiger charge is -2.20. The highest BCUT2D eigenvalue weighted by Crippen LogP contribution is 2.22. The summed E-state index contributed by atoms with van der Waals surface area (Å²) in [5.74, 6) is -1.15. The van der Waals surface area contributed by atoms with Crippen LogP contribution in [-0.4, -0.2) is 51.3 Å². The number of carbonyl (C=O) groups is 2. The van der Waals surface area contributed by atoms with Gasteiger partial charge in [-0.2, -0.15) is 4.31 Å². The lowest BCUT2D eigenvalue weighted by Crippen LogP contribution is -2.32. The molecule has 2 aromatic carbocycles. The maximum absolute atomic E-state index is 12.8. The van der Waals surface area contributed by atoms with Crippen molar-refractivity contribution < 1.29 is 22.7 Å². The van der Waals surface area contributed by atoms with Gasteiger partial charge in [0.1, 0.15) is 0 Å². The molecule has 156 valence electrons. The molecule has 0 fully saturated rings. The number of sulfonamides is 1.